The van der Waals surface area contributed by atoms with Gasteiger partial charge in [0.1, 0.15) is 0 Å². The van der Waals surface area contributed by atoms with Crippen molar-refractivity contribution in [1.82, 2.24) is 9.47 Å². The van der Waals surface area contributed by atoms with Crippen LogP contribution in [0.1, 0.15) is 23.2 Å². The van der Waals surface area contributed by atoms with Crippen LogP contribution in [0.25, 0.3) is 10.9 Å². The summed E-state index contributed by atoms with van der Waals surface area (Å²) < 4.78 is 3.46. The molecule has 3 nitrogen and oxygen atoms in total. The smallest absolute Gasteiger partial charge is 0.253 e. The van der Waals surface area contributed by atoms with Crippen molar-refractivity contribution in [1.29, 1.82) is 0 Å². The molecular weight excluding hydrogens is 376 g/mol. The van der Waals surface area contributed by atoms with E-state index in [1.807, 2.05) is 35.2 Å². The van der Waals surface area contributed by atoms with Gasteiger partial charge in [0.15, 0.2) is 0 Å². The lowest BCUT2D eigenvalue weighted by atomic mass is 9.96. The molecule has 0 bridgehead atoms. The Kier molecular flexibility index (Phi) is 4.62. The van der Waals surface area contributed by atoms with Crippen LogP contribution < -0.4 is 0 Å². The number of carbonyl (C=O) groups is 1. The lowest BCUT2D eigenvalue weighted by molar-refractivity contribution is 0.0683. The topological polar surface area (TPSA) is 25.2 Å². The molecule has 25 heavy (non-hydrogen) atoms. The zero-order valence-corrected chi connectivity index (χ0v) is 15.7. The molecule has 1 aromatic heterocycles. The van der Waals surface area contributed by atoms with Crippen molar-refractivity contribution in [2.45, 2.75) is 19.4 Å². The second-order valence-electron chi connectivity index (χ2n) is 6.77. The predicted molar refractivity (Wildman–Crippen MR) is 105 cm³/mol. The minimum absolute atomic E-state index is 0.162. The largest absolute Gasteiger partial charge is 0.347 e. The summed E-state index contributed by atoms with van der Waals surface area (Å²) in [6, 6.07) is 18.2. The molecule has 0 saturated carbocycles. The van der Waals surface area contributed by atoms with E-state index in [-0.39, 0.29) is 5.91 Å². The number of rotatable bonds is 3. The first-order valence-electron chi connectivity index (χ1n) is 8.79. The van der Waals surface area contributed by atoms with Crippen molar-refractivity contribution >= 4 is 32.7 Å². The van der Waals surface area contributed by atoms with Crippen LogP contribution in [0.15, 0.2) is 65.3 Å². The maximum Gasteiger partial charge on any atom is 0.253 e. The second-order valence-corrected chi connectivity index (χ2v) is 7.69. The fourth-order valence-corrected chi connectivity index (χ4v) is 4.07. The number of fused-ring (bicyclic) bond motifs is 1. The Morgan fingerprint density at radius 2 is 1.80 bits per heavy atom. The van der Waals surface area contributed by atoms with Gasteiger partial charge in [0, 0.05) is 46.8 Å². The highest BCUT2D eigenvalue weighted by molar-refractivity contribution is 9.10. The standard InChI is InChI=1S/C21H21BrN2O/c22-19-6-7-20-18(14-19)10-13-24(20)15-16-8-11-23(12-9-16)21(25)17-4-2-1-3-5-17/h1-7,10,13-14,16H,8-9,11-12,15H2. The Balaban J connectivity index is 1.39. The number of halogens is 1. The molecule has 3 aromatic rings. The Labute approximate surface area is 156 Å². The Bertz CT molecular complexity index is 879. The number of nitrogens with zero attached hydrogens (tertiary/aromatic N) is 2. The second kappa shape index (κ2) is 7.04. The fraction of sp³-hybridized carbons (Fsp3) is 0.286. The number of aromatic nitrogens is 1. The summed E-state index contributed by atoms with van der Waals surface area (Å²) in [5.74, 6) is 0.786. The van der Waals surface area contributed by atoms with Crippen LogP contribution >= 0.6 is 15.9 Å². The van der Waals surface area contributed by atoms with Crippen molar-refractivity contribution in [3.8, 4) is 0 Å². The van der Waals surface area contributed by atoms with Crippen LogP contribution in [-0.4, -0.2) is 28.5 Å². The van der Waals surface area contributed by atoms with Crippen LogP contribution in [0, 0.1) is 5.92 Å². The van der Waals surface area contributed by atoms with Crippen molar-refractivity contribution in [3.05, 3.63) is 70.8 Å². The molecular formula is C21H21BrN2O. The van der Waals surface area contributed by atoms with Gasteiger partial charge in [-0.05, 0) is 55.2 Å². The van der Waals surface area contributed by atoms with Crippen LogP contribution in [0.4, 0.5) is 0 Å². The zero-order valence-electron chi connectivity index (χ0n) is 14.1. The van der Waals surface area contributed by atoms with Crippen LogP contribution in [0.3, 0.4) is 0 Å². The molecule has 4 rings (SSSR count). The van der Waals surface area contributed by atoms with Gasteiger partial charge in [-0.2, -0.15) is 0 Å². The first kappa shape index (κ1) is 16.4. The SMILES string of the molecule is O=C(c1ccccc1)N1CCC(Cn2ccc3cc(Br)ccc32)CC1. The molecule has 1 saturated heterocycles. The van der Waals surface area contributed by atoms with Crippen molar-refractivity contribution in [2.75, 3.05) is 13.1 Å². The number of hydrogen-bond donors (Lipinski definition) is 0. The van der Waals surface area contributed by atoms with Gasteiger partial charge in [-0.15, -0.1) is 0 Å². The van der Waals surface area contributed by atoms with E-state index in [9.17, 15) is 4.79 Å². The predicted octanol–water partition coefficient (Wildman–Crippen LogP) is 4.96. The first-order chi connectivity index (χ1) is 12.2. The van der Waals surface area contributed by atoms with Crippen molar-refractivity contribution in [3.63, 3.8) is 0 Å². The molecule has 1 aliphatic heterocycles. The lowest BCUT2D eigenvalue weighted by Gasteiger charge is -2.32. The average molecular weight is 397 g/mol. The molecule has 2 heterocycles. The molecule has 0 spiro atoms. The van der Waals surface area contributed by atoms with Gasteiger partial charge in [-0.25, -0.2) is 0 Å². The molecule has 128 valence electrons. The van der Waals surface area contributed by atoms with Crippen LogP contribution in [-0.2, 0) is 6.54 Å². The first-order valence-corrected chi connectivity index (χ1v) is 9.59. The highest BCUT2D eigenvalue weighted by atomic mass is 79.9. The molecule has 2 aromatic carbocycles. The number of carbonyl (C=O) groups excluding carboxylic acids is 1. The maximum atomic E-state index is 12.5. The van der Waals surface area contributed by atoms with Crippen molar-refractivity contribution in [2.24, 2.45) is 5.92 Å². The molecule has 0 unspecified atom stereocenters. The van der Waals surface area contributed by atoms with E-state index in [0.717, 1.165) is 42.5 Å². The molecule has 0 aliphatic carbocycles. The quantitative estimate of drug-likeness (QED) is 0.614. The van der Waals surface area contributed by atoms with Gasteiger partial charge in [-0.1, -0.05) is 34.1 Å². The molecule has 0 N–H and O–H groups in total. The highest BCUT2D eigenvalue weighted by Gasteiger charge is 2.24. The third kappa shape index (κ3) is 3.49. The Morgan fingerprint density at radius 1 is 1.04 bits per heavy atom. The Morgan fingerprint density at radius 3 is 2.56 bits per heavy atom. The van der Waals surface area contributed by atoms with E-state index in [2.05, 4.69) is 51.0 Å². The van der Waals surface area contributed by atoms with E-state index >= 15 is 0 Å². The fourth-order valence-electron chi connectivity index (χ4n) is 3.69. The van der Waals surface area contributed by atoms with E-state index < -0.39 is 0 Å². The average Bonchev–Trinajstić information content (AvgIpc) is 3.04. The van der Waals surface area contributed by atoms with Gasteiger partial charge in [-0.3, -0.25) is 4.79 Å². The van der Waals surface area contributed by atoms with Crippen LogP contribution in [0.2, 0.25) is 0 Å². The summed E-state index contributed by atoms with van der Waals surface area (Å²) in [6.07, 6.45) is 4.31. The third-order valence-electron chi connectivity index (χ3n) is 5.11. The monoisotopic (exact) mass is 396 g/mol. The van der Waals surface area contributed by atoms with Gasteiger partial charge in [0.05, 0.1) is 0 Å². The lowest BCUT2D eigenvalue weighted by Crippen LogP contribution is -2.39. The minimum atomic E-state index is 0.162. The number of piperidine rings is 1. The van der Waals surface area contributed by atoms with Gasteiger partial charge >= 0.3 is 0 Å². The third-order valence-corrected chi connectivity index (χ3v) is 5.60. The Hall–Kier alpha value is -2.07. The van der Waals surface area contributed by atoms with E-state index in [4.69, 9.17) is 0 Å². The number of benzene rings is 2. The number of hydrogen-bond acceptors (Lipinski definition) is 1. The van der Waals surface area contributed by atoms with E-state index in [0.29, 0.717) is 5.92 Å². The van der Waals surface area contributed by atoms with Gasteiger partial charge in [0.25, 0.3) is 5.91 Å². The summed E-state index contributed by atoms with van der Waals surface area (Å²) in [5.41, 5.74) is 2.08. The number of likely N-dealkylation sites (tertiary alicyclic amines) is 1. The van der Waals surface area contributed by atoms with E-state index in [1.54, 1.807) is 0 Å². The minimum Gasteiger partial charge on any atom is -0.347 e. The van der Waals surface area contributed by atoms with Gasteiger partial charge < -0.3 is 9.47 Å². The number of amides is 1. The van der Waals surface area contributed by atoms with E-state index in [1.165, 1.54) is 10.9 Å². The maximum absolute atomic E-state index is 12.5. The molecule has 1 amide bonds. The molecule has 1 aliphatic rings. The molecule has 0 radical (unpaired) electrons. The highest BCUT2D eigenvalue weighted by Crippen LogP contribution is 2.25. The summed E-state index contributed by atoms with van der Waals surface area (Å²) in [4.78, 5) is 14.5. The summed E-state index contributed by atoms with van der Waals surface area (Å²) in [6.45, 7) is 2.73. The normalized spacial score (nSPS) is 15.6. The van der Waals surface area contributed by atoms with Crippen LogP contribution in [0.5, 0.6) is 0 Å². The zero-order chi connectivity index (χ0) is 17.2. The molecule has 1 fully saturated rings. The van der Waals surface area contributed by atoms with Crippen molar-refractivity contribution < 1.29 is 4.79 Å². The molecule has 0 atom stereocenters. The molecule has 4 heteroatoms. The van der Waals surface area contributed by atoms with Gasteiger partial charge in [0.2, 0.25) is 0 Å². The summed E-state index contributed by atoms with van der Waals surface area (Å²) in [5, 5.41) is 1.27. The summed E-state index contributed by atoms with van der Waals surface area (Å²) >= 11 is 3.53. The summed E-state index contributed by atoms with van der Waals surface area (Å²) in [7, 11) is 0.